The summed E-state index contributed by atoms with van der Waals surface area (Å²) in [5.74, 6) is -0.00460. The van der Waals surface area contributed by atoms with E-state index in [0.717, 1.165) is 12.8 Å². The van der Waals surface area contributed by atoms with Crippen LogP contribution in [0.25, 0.3) is 0 Å². The minimum Gasteiger partial charge on any atom is -0.385 e. The number of rotatable bonds is 7. The summed E-state index contributed by atoms with van der Waals surface area (Å²) in [6.45, 7) is 9.27. The molecule has 2 unspecified atom stereocenters. The highest BCUT2D eigenvalue weighted by Crippen LogP contribution is 2.25. The molecule has 0 saturated carbocycles. The van der Waals surface area contributed by atoms with Crippen molar-refractivity contribution in [1.82, 2.24) is 10.2 Å². The first-order valence-electron chi connectivity index (χ1n) is 7.42. The molecular formula is C15H28N2O3. The van der Waals surface area contributed by atoms with Gasteiger partial charge in [0.1, 0.15) is 12.1 Å². The van der Waals surface area contributed by atoms with E-state index in [1.807, 2.05) is 6.92 Å². The van der Waals surface area contributed by atoms with Crippen molar-refractivity contribution in [2.24, 2.45) is 5.41 Å². The lowest BCUT2D eigenvalue weighted by molar-refractivity contribution is -0.150. The van der Waals surface area contributed by atoms with Crippen molar-refractivity contribution in [2.45, 2.75) is 59.0 Å². The zero-order valence-corrected chi connectivity index (χ0v) is 13.4. The van der Waals surface area contributed by atoms with Gasteiger partial charge in [0, 0.05) is 20.3 Å². The topological polar surface area (TPSA) is 58.6 Å². The zero-order chi connectivity index (χ0) is 15.3. The average molecular weight is 284 g/mol. The molecule has 1 saturated heterocycles. The maximum Gasteiger partial charge on any atom is 0.245 e. The molecule has 116 valence electrons. The standard InChI is InChI=1S/C15H28N2O3/c1-6-7-12-14(19)17(11(2)13(18)16-12)10-15(3,4)8-9-20-5/h11-12H,6-10H2,1-5H3,(H,16,18). The lowest BCUT2D eigenvalue weighted by Crippen LogP contribution is -2.63. The van der Waals surface area contributed by atoms with Gasteiger partial charge >= 0.3 is 0 Å². The highest BCUT2D eigenvalue weighted by Gasteiger charge is 2.39. The molecule has 0 radical (unpaired) electrons. The van der Waals surface area contributed by atoms with Crippen LogP contribution in [-0.4, -0.2) is 49.1 Å². The minimum atomic E-state index is -0.391. The van der Waals surface area contributed by atoms with Gasteiger partial charge in [-0.25, -0.2) is 0 Å². The van der Waals surface area contributed by atoms with Crippen molar-refractivity contribution in [3.05, 3.63) is 0 Å². The van der Waals surface area contributed by atoms with E-state index >= 15 is 0 Å². The molecule has 1 rings (SSSR count). The molecule has 20 heavy (non-hydrogen) atoms. The van der Waals surface area contributed by atoms with Crippen LogP contribution in [0.4, 0.5) is 0 Å². The molecule has 0 aromatic carbocycles. The summed E-state index contributed by atoms with van der Waals surface area (Å²) in [6, 6.07) is -0.751. The normalized spacial score (nSPS) is 23.9. The molecule has 0 aromatic rings. The highest BCUT2D eigenvalue weighted by atomic mass is 16.5. The lowest BCUT2D eigenvalue weighted by Gasteiger charge is -2.41. The minimum absolute atomic E-state index is 0.0458. The van der Waals surface area contributed by atoms with E-state index in [4.69, 9.17) is 4.74 Å². The van der Waals surface area contributed by atoms with Crippen LogP contribution in [-0.2, 0) is 14.3 Å². The van der Waals surface area contributed by atoms with Gasteiger partial charge in [-0.1, -0.05) is 27.2 Å². The fourth-order valence-corrected chi connectivity index (χ4v) is 2.50. The first-order chi connectivity index (χ1) is 9.32. The van der Waals surface area contributed by atoms with Crippen LogP contribution >= 0.6 is 0 Å². The van der Waals surface area contributed by atoms with Gasteiger partial charge in [0.15, 0.2) is 0 Å². The first-order valence-corrected chi connectivity index (χ1v) is 7.42. The number of hydrogen-bond acceptors (Lipinski definition) is 3. The number of amides is 2. The van der Waals surface area contributed by atoms with Gasteiger partial charge < -0.3 is 15.0 Å². The molecule has 5 heteroatoms. The fourth-order valence-electron chi connectivity index (χ4n) is 2.50. The monoisotopic (exact) mass is 284 g/mol. The van der Waals surface area contributed by atoms with Gasteiger partial charge in [-0.2, -0.15) is 0 Å². The summed E-state index contributed by atoms with van der Waals surface area (Å²) in [5, 5.41) is 2.82. The van der Waals surface area contributed by atoms with Gasteiger partial charge in [0.2, 0.25) is 11.8 Å². The Morgan fingerprint density at radius 3 is 2.55 bits per heavy atom. The second-order valence-corrected chi connectivity index (χ2v) is 6.40. The van der Waals surface area contributed by atoms with E-state index in [0.29, 0.717) is 19.6 Å². The third kappa shape index (κ3) is 4.20. The third-order valence-electron chi connectivity index (χ3n) is 3.90. The van der Waals surface area contributed by atoms with Gasteiger partial charge in [-0.3, -0.25) is 9.59 Å². The summed E-state index contributed by atoms with van der Waals surface area (Å²) in [4.78, 5) is 26.2. The Labute approximate surface area is 122 Å². The second kappa shape index (κ2) is 7.07. The van der Waals surface area contributed by atoms with Gasteiger partial charge in [0.05, 0.1) is 0 Å². The van der Waals surface area contributed by atoms with Crippen molar-refractivity contribution < 1.29 is 14.3 Å². The number of hydrogen-bond donors (Lipinski definition) is 1. The van der Waals surface area contributed by atoms with Crippen molar-refractivity contribution in [2.75, 3.05) is 20.3 Å². The van der Waals surface area contributed by atoms with Crippen LogP contribution in [0.15, 0.2) is 0 Å². The van der Waals surface area contributed by atoms with Crippen LogP contribution in [0, 0.1) is 5.41 Å². The van der Waals surface area contributed by atoms with E-state index in [2.05, 4.69) is 19.2 Å². The number of ether oxygens (including phenoxy) is 1. The average Bonchev–Trinajstić information content (AvgIpc) is 2.39. The Bertz CT molecular complexity index is 355. The van der Waals surface area contributed by atoms with E-state index in [9.17, 15) is 9.59 Å². The van der Waals surface area contributed by atoms with E-state index in [1.54, 1.807) is 18.9 Å². The molecular weight excluding hydrogens is 256 g/mol. The third-order valence-corrected chi connectivity index (χ3v) is 3.90. The van der Waals surface area contributed by atoms with Crippen molar-refractivity contribution >= 4 is 11.8 Å². The summed E-state index contributed by atoms with van der Waals surface area (Å²) in [6.07, 6.45) is 2.44. The number of nitrogens with zero attached hydrogens (tertiary/aromatic N) is 1. The maximum absolute atomic E-state index is 12.5. The quantitative estimate of drug-likeness (QED) is 0.772. The van der Waals surface area contributed by atoms with Crippen LogP contribution in [0.5, 0.6) is 0 Å². The number of carbonyl (C=O) groups is 2. The fraction of sp³-hybridized carbons (Fsp3) is 0.867. The molecule has 2 atom stereocenters. The summed E-state index contributed by atoms with van der Waals surface area (Å²) >= 11 is 0. The number of methoxy groups -OCH3 is 1. The van der Waals surface area contributed by atoms with Crippen molar-refractivity contribution in [1.29, 1.82) is 0 Å². The zero-order valence-electron chi connectivity index (χ0n) is 13.4. The summed E-state index contributed by atoms with van der Waals surface area (Å²) < 4.78 is 5.12. The van der Waals surface area contributed by atoms with E-state index < -0.39 is 6.04 Å². The Hall–Kier alpha value is -1.10. The molecule has 0 bridgehead atoms. The largest absolute Gasteiger partial charge is 0.385 e. The Balaban J connectivity index is 2.78. The Morgan fingerprint density at radius 2 is 2.00 bits per heavy atom. The maximum atomic E-state index is 12.5. The van der Waals surface area contributed by atoms with Gasteiger partial charge in [-0.05, 0) is 25.2 Å². The van der Waals surface area contributed by atoms with Crippen LogP contribution in [0.1, 0.15) is 47.0 Å². The molecule has 1 fully saturated rings. The summed E-state index contributed by atoms with van der Waals surface area (Å²) in [5.41, 5.74) is -0.0612. The molecule has 0 spiro atoms. The molecule has 2 amide bonds. The predicted molar refractivity (Wildman–Crippen MR) is 78.3 cm³/mol. The predicted octanol–water partition coefficient (Wildman–Crippen LogP) is 1.56. The Kier molecular flexibility index (Phi) is 5.99. The molecule has 5 nitrogen and oxygen atoms in total. The van der Waals surface area contributed by atoms with E-state index in [-0.39, 0.29) is 23.3 Å². The molecule has 1 aliphatic heterocycles. The van der Waals surface area contributed by atoms with Gasteiger partial charge in [0.25, 0.3) is 0 Å². The molecule has 1 heterocycles. The Morgan fingerprint density at radius 1 is 1.35 bits per heavy atom. The SMILES string of the molecule is CCCC1NC(=O)C(C)N(CC(C)(C)CCOC)C1=O. The van der Waals surface area contributed by atoms with Crippen LogP contribution < -0.4 is 5.32 Å². The molecule has 0 aliphatic carbocycles. The van der Waals surface area contributed by atoms with Crippen molar-refractivity contribution in [3.63, 3.8) is 0 Å². The number of carbonyl (C=O) groups excluding carboxylic acids is 2. The molecule has 1 aliphatic rings. The first kappa shape index (κ1) is 17.0. The number of piperazine rings is 1. The van der Waals surface area contributed by atoms with Crippen molar-refractivity contribution in [3.8, 4) is 0 Å². The van der Waals surface area contributed by atoms with E-state index in [1.165, 1.54) is 0 Å². The lowest BCUT2D eigenvalue weighted by atomic mass is 9.87. The smallest absolute Gasteiger partial charge is 0.245 e. The van der Waals surface area contributed by atoms with Crippen LogP contribution in [0.3, 0.4) is 0 Å². The van der Waals surface area contributed by atoms with Crippen LogP contribution in [0.2, 0.25) is 0 Å². The van der Waals surface area contributed by atoms with Gasteiger partial charge in [-0.15, -0.1) is 0 Å². The second-order valence-electron chi connectivity index (χ2n) is 6.40. The molecule has 0 aromatic heterocycles. The summed E-state index contributed by atoms with van der Waals surface area (Å²) in [7, 11) is 1.68. The molecule has 1 N–H and O–H groups in total. The number of nitrogens with one attached hydrogen (secondary N) is 1. The highest BCUT2D eigenvalue weighted by molar-refractivity contribution is 5.96.